The number of aryl methyl sites for hydroxylation is 2. The Bertz CT molecular complexity index is 1720. The molecule has 0 saturated heterocycles. The summed E-state index contributed by atoms with van der Waals surface area (Å²) in [7, 11) is 0.806. The van der Waals surface area contributed by atoms with Gasteiger partial charge in [-0.25, -0.2) is 0 Å². The summed E-state index contributed by atoms with van der Waals surface area (Å²) in [5, 5.41) is 21.7. The van der Waals surface area contributed by atoms with Crippen LogP contribution in [0.25, 0.3) is 21.9 Å². The topological polar surface area (TPSA) is 60.8 Å². The molecule has 4 aromatic carbocycles. The Kier molecular flexibility index (Phi) is 9.48. The molecule has 0 spiro atoms. The minimum atomic E-state index is -6.44. The first-order chi connectivity index (χ1) is 22.1. The van der Waals surface area contributed by atoms with Crippen LogP contribution in [0, 0.1) is 5.92 Å². The molecule has 0 heterocycles. The number of aromatic hydroxyl groups is 2. The average Bonchev–Trinajstić information content (AvgIpc) is 3.81. The number of alkyl halides is 7. The number of unbranched alkanes of at least 4 members (excludes halogenated alkanes) is 2. The van der Waals surface area contributed by atoms with Crippen molar-refractivity contribution < 1.29 is 45.7 Å². The van der Waals surface area contributed by atoms with E-state index in [0.29, 0.717) is 6.42 Å². The van der Waals surface area contributed by atoms with E-state index in [1.807, 2.05) is 54.6 Å². The van der Waals surface area contributed by atoms with Gasteiger partial charge in [-0.05, 0) is 101 Å². The van der Waals surface area contributed by atoms with Crippen LogP contribution in [0.15, 0.2) is 78.9 Å². The molecular weight excluding hydrogens is 627 g/mol. The van der Waals surface area contributed by atoms with Gasteiger partial charge in [0.15, 0.2) is 0 Å². The Morgan fingerprint density at radius 1 is 0.787 bits per heavy atom. The van der Waals surface area contributed by atoms with Gasteiger partial charge in [0.25, 0.3) is 0 Å². The monoisotopic (exact) mass is 661 g/mol. The van der Waals surface area contributed by atoms with Gasteiger partial charge in [0.05, 0.1) is 6.54 Å². The lowest BCUT2D eigenvalue weighted by atomic mass is 9.90. The van der Waals surface area contributed by atoms with Crippen molar-refractivity contribution in [1.29, 1.82) is 0 Å². The molecule has 4 nitrogen and oxygen atoms in total. The Labute approximate surface area is 267 Å². The van der Waals surface area contributed by atoms with E-state index in [-0.39, 0.29) is 22.3 Å². The van der Waals surface area contributed by atoms with E-state index >= 15 is 0 Å². The third-order valence-corrected chi connectivity index (χ3v) is 8.83. The molecule has 250 valence electrons. The highest BCUT2D eigenvalue weighted by Crippen LogP contribution is 2.50. The number of fused-ring (bicyclic) bond motifs is 1. The summed E-state index contributed by atoms with van der Waals surface area (Å²) in [5.74, 6) is -13.3. The number of benzene rings is 4. The average molecular weight is 662 g/mol. The summed E-state index contributed by atoms with van der Waals surface area (Å²) >= 11 is 0. The summed E-state index contributed by atoms with van der Waals surface area (Å²) in [6.07, 6.45) is -1.78. The summed E-state index contributed by atoms with van der Waals surface area (Å²) < 4.78 is 91.5. The normalized spacial score (nSPS) is 16.8. The van der Waals surface area contributed by atoms with Gasteiger partial charge in [-0.1, -0.05) is 61.0 Å². The third kappa shape index (κ3) is 7.34. The summed E-state index contributed by atoms with van der Waals surface area (Å²) in [6, 6.07) is 23.9. The Hall–Kier alpha value is -4.28. The quantitative estimate of drug-likeness (QED) is 0.118. The fourth-order valence-electron chi connectivity index (χ4n) is 6.10. The van der Waals surface area contributed by atoms with Gasteiger partial charge in [-0.3, -0.25) is 4.79 Å². The van der Waals surface area contributed by atoms with Crippen molar-refractivity contribution in [2.45, 2.75) is 62.5 Å². The predicted molar refractivity (Wildman–Crippen MR) is 165 cm³/mol. The molecule has 1 aliphatic carbocycles. The number of rotatable bonds is 12. The first-order valence-corrected chi connectivity index (χ1v) is 15.3. The summed E-state index contributed by atoms with van der Waals surface area (Å²) in [6.45, 7) is -2.04. The van der Waals surface area contributed by atoms with E-state index in [0.717, 1.165) is 77.7 Å². The predicted octanol–water partition coefficient (Wildman–Crippen LogP) is 9.27. The number of hydrogen-bond acceptors (Lipinski definition) is 3. The molecule has 2 unspecified atom stereocenters. The Balaban J connectivity index is 1.13. The maximum Gasteiger partial charge on any atom is 0.459 e. The van der Waals surface area contributed by atoms with Gasteiger partial charge in [-0.15, -0.1) is 0 Å². The molecule has 0 aliphatic heterocycles. The van der Waals surface area contributed by atoms with Crippen LogP contribution < -0.4 is 0 Å². The number of carbonyl (C=O) groups is 1. The second kappa shape index (κ2) is 13.1. The minimum Gasteiger partial charge on any atom is -0.508 e. The smallest absolute Gasteiger partial charge is 0.459 e. The molecule has 0 aromatic heterocycles. The summed E-state index contributed by atoms with van der Waals surface area (Å²) in [5.41, 5.74) is 5.05. The molecule has 0 bridgehead atoms. The molecule has 1 saturated carbocycles. The first kappa shape index (κ1) is 34.1. The second-order valence-corrected chi connectivity index (χ2v) is 12.3. The van der Waals surface area contributed by atoms with E-state index in [1.54, 1.807) is 24.3 Å². The lowest BCUT2D eigenvalue weighted by Gasteiger charge is -2.31. The lowest BCUT2D eigenvalue weighted by molar-refractivity contribution is -0.355. The number of phenols is 2. The van der Waals surface area contributed by atoms with Gasteiger partial charge < -0.3 is 15.1 Å². The SMILES string of the molecule is CN(CC(F)(F)C(F)(F)C(F)(F)F)C(=O)C1CC1c1ccc(CCCCCc2c(-c3ccc(O)cc3)ccc3cc(O)ccc23)cc1. The Morgan fingerprint density at radius 2 is 1.43 bits per heavy atom. The van der Waals surface area contributed by atoms with E-state index in [2.05, 4.69) is 0 Å². The van der Waals surface area contributed by atoms with Crippen molar-refractivity contribution in [2.75, 3.05) is 13.6 Å². The maximum absolute atomic E-state index is 13.8. The van der Waals surface area contributed by atoms with Crippen molar-refractivity contribution >= 4 is 16.7 Å². The van der Waals surface area contributed by atoms with E-state index < -0.39 is 36.4 Å². The van der Waals surface area contributed by atoms with Gasteiger partial charge in [-0.2, -0.15) is 30.7 Å². The number of hydrogen-bond donors (Lipinski definition) is 2. The summed E-state index contributed by atoms with van der Waals surface area (Å²) in [4.78, 5) is 12.8. The van der Waals surface area contributed by atoms with Crippen LogP contribution in [-0.4, -0.2) is 52.6 Å². The van der Waals surface area contributed by atoms with Gasteiger partial charge in [0.2, 0.25) is 5.91 Å². The Morgan fingerprint density at radius 3 is 2.09 bits per heavy atom. The molecule has 2 atom stereocenters. The van der Waals surface area contributed by atoms with E-state index in [9.17, 15) is 45.7 Å². The minimum absolute atomic E-state index is 0.187. The van der Waals surface area contributed by atoms with Crippen molar-refractivity contribution in [3.8, 4) is 22.6 Å². The van der Waals surface area contributed by atoms with Gasteiger partial charge in [0.1, 0.15) is 11.5 Å². The van der Waals surface area contributed by atoms with Crippen LogP contribution >= 0.6 is 0 Å². The fraction of sp³-hybridized carbons (Fsp3) is 0.361. The highest BCUT2D eigenvalue weighted by atomic mass is 19.4. The zero-order chi connectivity index (χ0) is 34.1. The van der Waals surface area contributed by atoms with Crippen molar-refractivity contribution in [3.63, 3.8) is 0 Å². The largest absolute Gasteiger partial charge is 0.508 e. The van der Waals surface area contributed by atoms with Gasteiger partial charge >= 0.3 is 18.0 Å². The molecule has 2 N–H and O–H groups in total. The number of halogens is 7. The first-order valence-electron chi connectivity index (χ1n) is 15.3. The van der Waals surface area contributed by atoms with Crippen LogP contribution in [0.2, 0.25) is 0 Å². The van der Waals surface area contributed by atoms with Crippen molar-refractivity contribution in [2.24, 2.45) is 5.92 Å². The molecule has 1 fully saturated rings. The molecule has 1 aliphatic rings. The molecule has 5 rings (SSSR count). The molecular formula is C36H34F7NO3. The van der Waals surface area contributed by atoms with Crippen LogP contribution in [0.1, 0.15) is 48.3 Å². The van der Waals surface area contributed by atoms with Crippen LogP contribution in [0.3, 0.4) is 0 Å². The van der Waals surface area contributed by atoms with Crippen LogP contribution in [0.4, 0.5) is 30.7 Å². The van der Waals surface area contributed by atoms with Crippen LogP contribution in [-0.2, 0) is 17.6 Å². The van der Waals surface area contributed by atoms with Crippen LogP contribution in [0.5, 0.6) is 11.5 Å². The number of nitrogens with zero attached hydrogens (tertiary/aromatic N) is 1. The van der Waals surface area contributed by atoms with E-state index in [1.165, 1.54) is 0 Å². The number of phenolic OH excluding ortho intramolecular Hbond substituents is 2. The second-order valence-electron chi connectivity index (χ2n) is 12.3. The number of amides is 1. The molecule has 11 heteroatoms. The maximum atomic E-state index is 13.8. The molecule has 47 heavy (non-hydrogen) atoms. The molecule has 4 aromatic rings. The zero-order valence-electron chi connectivity index (χ0n) is 25.5. The van der Waals surface area contributed by atoms with Crippen molar-refractivity contribution in [3.05, 3.63) is 95.6 Å². The standard InChI is InChI=1S/C36H34F7NO3/c1-44(21-34(37,38)35(39,40)36(41,42)43)33(47)32-20-31(32)24-9-7-22(8-10-24)5-3-2-4-6-30-28(23-11-14-26(45)15-12-23)17-13-25-19-27(46)16-18-29(25)30/h7-19,31-32,45-46H,2-6,20-21H2,1H3. The third-order valence-electron chi connectivity index (χ3n) is 8.83. The molecule has 1 amide bonds. The zero-order valence-corrected chi connectivity index (χ0v) is 25.5. The van der Waals surface area contributed by atoms with E-state index in [4.69, 9.17) is 0 Å². The number of carbonyl (C=O) groups excluding carboxylic acids is 1. The van der Waals surface area contributed by atoms with Gasteiger partial charge in [0, 0.05) is 13.0 Å². The highest BCUT2D eigenvalue weighted by molar-refractivity contribution is 5.92. The molecule has 0 radical (unpaired) electrons. The van der Waals surface area contributed by atoms with Crippen molar-refractivity contribution in [1.82, 2.24) is 4.90 Å². The highest BCUT2D eigenvalue weighted by Gasteiger charge is 2.73. The lowest BCUT2D eigenvalue weighted by Crippen LogP contribution is -2.57. The fourth-order valence-corrected chi connectivity index (χ4v) is 6.10.